The van der Waals surface area contributed by atoms with Gasteiger partial charge in [-0.2, -0.15) is 5.26 Å². The van der Waals surface area contributed by atoms with Crippen molar-refractivity contribution in [3.8, 4) is 6.07 Å². The number of nitrogens with one attached hydrogen (secondary N) is 1. The predicted molar refractivity (Wildman–Crippen MR) is 159 cm³/mol. The molecule has 1 aliphatic heterocycles. The third-order valence-corrected chi connectivity index (χ3v) is 8.22. The average molecular weight is 546 g/mol. The van der Waals surface area contributed by atoms with E-state index >= 15 is 0 Å². The second kappa shape index (κ2) is 10.9. The van der Waals surface area contributed by atoms with Gasteiger partial charge < -0.3 is 20.9 Å². The van der Waals surface area contributed by atoms with E-state index in [1.807, 2.05) is 55.5 Å². The van der Waals surface area contributed by atoms with Crippen molar-refractivity contribution in [1.82, 2.24) is 5.32 Å². The number of nitrogens with zero attached hydrogens (tertiary/aromatic N) is 3. The minimum Gasteiger partial charge on any atom is -0.368 e. The number of anilines is 2. The fourth-order valence-electron chi connectivity index (χ4n) is 5.50. The smallest absolute Gasteiger partial charge is 0.258 e. The normalized spacial score (nSPS) is 16.4. The number of nitriles is 1. The first-order valence-electron chi connectivity index (χ1n) is 13.4. The number of likely N-dealkylation sites (N-methyl/N-ethyl adjacent to an activating group) is 1. The molecule has 0 saturated carbocycles. The van der Waals surface area contributed by atoms with Crippen molar-refractivity contribution in [2.24, 2.45) is 11.7 Å². The van der Waals surface area contributed by atoms with Gasteiger partial charge >= 0.3 is 0 Å². The Morgan fingerprint density at radius 2 is 1.66 bits per heavy atom. The molecule has 0 radical (unpaired) electrons. The van der Waals surface area contributed by atoms with E-state index in [4.69, 9.17) is 5.73 Å². The molecule has 1 unspecified atom stereocenters. The van der Waals surface area contributed by atoms with Crippen LogP contribution < -0.4 is 20.9 Å². The monoisotopic (exact) mass is 545 g/mol. The van der Waals surface area contributed by atoms with Crippen LogP contribution in [-0.2, 0) is 16.1 Å². The van der Waals surface area contributed by atoms with Crippen molar-refractivity contribution >= 4 is 39.9 Å². The third-order valence-electron chi connectivity index (χ3n) is 8.22. The molecule has 4 aromatic carbocycles. The molecule has 1 heterocycles. The van der Waals surface area contributed by atoms with Crippen LogP contribution in [0.3, 0.4) is 0 Å². The van der Waals surface area contributed by atoms with Gasteiger partial charge in [0.25, 0.3) is 5.91 Å². The largest absolute Gasteiger partial charge is 0.368 e. The Balaban J connectivity index is 1.70. The van der Waals surface area contributed by atoms with Crippen LogP contribution in [0, 0.1) is 24.2 Å². The van der Waals surface area contributed by atoms with Gasteiger partial charge in [-0.1, -0.05) is 48.5 Å². The molecule has 4 aromatic rings. The fourth-order valence-corrected chi connectivity index (χ4v) is 5.50. The van der Waals surface area contributed by atoms with E-state index in [0.29, 0.717) is 22.5 Å². The molecule has 0 aromatic heterocycles. The van der Waals surface area contributed by atoms with Gasteiger partial charge in [0.1, 0.15) is 5.54 Å². The highest BCUT2D eigenvalue weighted by Crippen LogP contribution is 2.39. The molecule has 0 bridgehead atoms. The van der Waals surface area contributed by atoms with E-state index in [1.54, 1.807) is 49.2 Å². The highest BCUT2D eigenvalue weighted by molar-refractivity contribution is 6.12. The van der Waals surface area contributed by atoms with Crippen molar-refractivity contribution in [1.29, 1.82) is 5.26 Å². The molecule has 2 atom stereocenters. The number of aryl methyl sites for hydroxylation is 1. The molecule has 41 heavy (non-hydrogen) atoms. The minimum absolute atomic E-state index is 0.0834. The SMILES string of the molecule is CNC(C)(C(N)=O)[C@@H]1CN(C(=O)c2ccc(C#N)cc2)c2ccccc2N(Cc2c(C)ccc3ccccc23)C1=O. The zero-order chi connectivity index (χ0) is 29.3. The molecule has 0 saturated heterocycles. The summed E-state index contributed by atoms with van der Waals surface area (Å²) in [6.07, 6.45) is 0. The van der Waals surface area contributed by atoms with Gasteiger partial charge in [0.05, 0.1) is 35.5 Å². The van der Waals surface area contributed by atoms with Gasteiger partial charge in [-0.25, -0.2) is 0 Å². The van der Waals surface area contributed by atoms with Crippen LogP contribution >= 0.6 is 0 Å². The Labute approximate surface area is 239 Å². The number of amides is 3. The summed E-state index contributed by atoms with van der Waals surface area (Å²) in [5, 5.41) is 14.3. The molecule has 0 spiro atoms. The van der Waals surface area contributed by atoms with Gasteiger partial charge in [-0.3, -0.25) is 14.4 Å². The second-order valence-corrected chi connectivity index (χ2v) is 10.5. The first kappa shape index (κ1) is 27.6. The highest BCUT2D eigenvalue weighted by atomic mass is 16.2. The van der Waals surface area contributed by atoms with E-state index < -0.39 is 17.4 Å². The summed E-state index contributed by atoms with van der Waals surface area (Å²) >= 11 is 0. The summed E-state index contributed by atoms with van der Waals surface area (Å²) < 4.78 is 0. The van der Waals surface area contributed by atoms with Crippen molar-refractivity contribution in [3.05, 3.63) is 107 Å². The lowest BCUT2D eigenvalue weighted by Crippen LogP contribution is -2.63. The van der Waals surface area contributed by atoms with Crippen LogP contribution in [0.5, 0.6) is 0 Å². The lowest BCUT2D eigenvalue weighted by Gasteiger charge is -2.36. The van der Waals surface area contributed by atoms with Gasteiger partial charge in [-0.15, -0.1) is 0 Å². The zero-order valence-corrected chi connectivity index (χ0v) is 23.2. The Kier molecular flexibility index (Phi) is 7.31. The predicted octanol–water partition coefficient (Wildman–Crippen LogP) is 4.29. The highest BCUT2D eigenvalue weighted by Gasteiger charge is 2.48. The number of para-hydroxylation sites is 2. The number of carbonyl (C=O) groups is 3. The first-order chi connectivity index (χ1) is 19.7. The second-order valence-electron chi connectivity index (χ2n) is 10.5. The number of rotatable bonds is 6. The Bertz CT molecular complexity index is 1710. The Morgan fingerprint density at radius 1 is 1.00 bits per heavy atom. The van der Waals surface area contributed by atoms with Crippen LogP contribution in [0.25, 0.3) is 10.8 Å². The summed E-state index contributed by atoms with van der Waals surface area (Å²) in [5.74, 6) is -2.38. The molecule has 3 amide bonds. The van der Waals surface area contributed by atoms with Crippen LogP contribution in [-0.4, -0.2) is 36.9 Å². The van der Waals surface area contributed by atoms with E-state index in [9.17, 15) is 19.6 Å². The van der Waals surface area contributed by atoms with E-state index in [1.165, 1.54) is 4.90 Å². The standard InChI is InChI=1S/C33H31N5O3/c1-21-12-15-23-8-4-5-9-25(23)26(21)19-37-28-10-6-7-11-29(28)38(30(39)24-16-13-22(18-34)14-17-24)20-27(31(37)40)33(2,36-3)32(35)41/h4-17,27,36H,19-20H2,1-3H3,(H2,35,41)/t27-,33?/m1/s1. The maximum Gasteiger partial charge on any atom is 0.258 e. The zero-order valence-electron chi connectivity index (χ0n) is 23.2. The summed E-state index contributed by atoms with van der Waals surface area (Å²) in [7, 11) is 1.59. The van der Waals surface area contributed by atoms with Crippen LogP contribution in [0.1, 0.15) is 34.0 Å². The number of nitrogens with two attached hydrogens (primary N) is 1. The number of carbonyl (C=O) groups excluding carboxylic acids is 3. The molecule has 0 fully saturated rings. The Hall–Kier alpha value is -5.00. The molecule has 8 nitrogen and oxygen atoms in total. The number of hydrogen-bond donors (Lipinski definition) is 2. The topological polar surface area (TPSA) is 120 Å². The maximum atomic E-state index is 14.6. The van der Waals surface area contributed by atoms with Crippen molar-refractivity contribution < 1.29 is 14.4 Å². The molecule has 206 valence electrons. The quantitative estimate of drug-likeness (QED) is 0.375. The van der Waals surface area contributed by atoms with E-state index in [2.05, 4.69) is 17.5 Å². The number of benzene rings is 4. The summed E-state index contributed by atoms with van der Waals surface area (Å²) in [6, 6.07) is 27.8. The molecular weight excluding hydrogens is 514 g/mol. The lowest BCUT2D eigenvalue weighted by molar-refractivity contribution is -0.133. The van der Waals surface area contributed by atoms with Crippen molar-refractivity contribution in [2.75, 3.05) is 23.4 Å². The van der Waals surface area contributed by atoms with Crippen molar-refractivity contribution in [3.63, 3.8) is 0 Å². The van der Waals surface area contributed by atoms with Crippen LogP contribution in [0.4, 0.5) is 11.4 Å². The average Bonchev–Trinajstić information content (AvgIpc) is 3.12. The summed E-state index contributed by atoms with van der Waals surface area (Å²) in [4.78, 5) is 44.6. The Morgan fingerprint density at radius 3 is 2.32 bits per heavy atom. The van der Waals surface area contributed by atoms with Gasteiger partial charge in [0.15, 0.2) is 0 Å². The molecule has 1 aliphatic rings. The maximum absolute atomic E-state index is 14.6. The molecule has 8 heteroatoms. The third kappa shape index (κ3) is 4.81. The number of hydrogen-bond acceptors (Lipinski definition) is 5. The summed E-state index contributed by atoms with van der Waals surface area (Å²) in [5.41, 5.74) is 8.31. The van der Waals surface area contributed by atoms with Gasteiger partial charge in [-0.05, 0) is 79.2 Å². The number of primary amides is 1. The van der Waals surface area contributed by atoms with Crippen LogP contribution in [0.2, 0.25) is 0 Å². The minimum atomic E-state index is -1.45. The summed E-state index contributed by atoms with van der Waals surface area (Å²) in [6.45, 7) is 3.76. The van der Waals surface area contributed by atoms with E-state index in [-0.39, 0.29) is 24.9 Å². The van der Waals surface area contributed by atoms with Gasteiger partial charge in [0, 0.05) is 12.1 Å². The first-order valence-corrected chi connectivity index (χ1v) is 13.4. The molecule has 0 aliphatic carbocycles. The number of fused-ring (bicyclic) bond motifs is 2. The van der Waals surface area contributed by atoms with Crippen LogP contribution in [0.15, 0.2) is 84.9 Å². The molecule has 5 rings (SSSR count). The lowest BCUT2D eigenvalue weighted by atomic mass is 9.83. The van der Waals surface area contributed by atoms with Crippen molar-refractivity contribution in [2.45, 2.75) is 25.9 Å². The fraction of sp³-hybridized carbons (Fsp3) is 0.212. The van der Waals surface area contributed by atoms with E-state index in [0.717, 1.165) is 21.9 Å². The van der Waals surface area contributed by atoms with Gasteiger partial charge in [0.2, 0.25) is 11.8 Å². The molecular formula is C33H31N5O3. The molecule has 3 N–H and O–H groups in total.